The normalized spacial score (nSPS) is 31.5. The average molecular weight is 252 g/mol. The van der Waals surface area contributed by atoms with Gasteiger partial charge in [-0.15, -0.1) is 0 Å². The van der Waals surface area contributed by atoms with Crippen molar-refractivity contribution in [3.63, 3.8) is 0 Å². The van der Waals surface area contributed by atoms with E-state index in [2.05, 4.69) is 4.90 Å². The molecular weight excluding hydrogens is 228 g/mol. The molecule has 1 saturated heterocycles. The van der Waals surface area contributed by atoms with E-state index in [1.165, 1.54) is 6.42 Å². The van der Waals surface area contributed by atoms with E-state index in [0.717, 1.165) is 38.6 Å². The van der Waals surface area contributed by atoms with E-state index in [0.29, 0.717) is 18.4 Å². The van der Waals surface area contributed by atoms with Crippen molar-refractivity contribution in [1.82, 2.24) is 4.90 Å². The third kappa shape index (κ3) is 2.91. The smallest absolute Gasteiger partial charge is 0.221 e. The lowest BCUT2D eigenvalue weighted by molar-refractivity contribution is -0.126. The van der Waals surface area contributed by atoms with Gasteiger partial charge in [-0.3, -0.25) is 14.5 Å². The first-order valence-electron chi connectivity index (χ1n) is 7.15. The molecule has 1 saturated carbocycles. The molecule has 18 heavy (non-hydrogen) atoms. The molecule has 4 heteroatoms. The fourth-order valence-electron chi connectivity index (χ4n) is 3.39. The van der Waals surface area contributed by atoms with Crippen molar-refractivity contribution in [3.8, 4) is 0 Å². The van der Waals surface area contributed by atoms with Gasteiger partial charge < -0.3 is 5.73 Å². The third-order valence-electron chi connectivity index (χ3n) is 4.47. The summed E-state index contributed by atoms with van der Waals surface area (Å²) < 4.78 is 0. The van der Waals surface area contributed by atoms with Crippen LogP contribution < -0.4 is 5.73 Å². The standard InChI is InChI=1S/C14H24N2O2/c1-10(14(15)18)9-16-8-4-6-12(16)11-5-2-3-7-13(11)17/h10-12H,2-9H2,1H3,(H2,15,18). The Labute approximate surface area is 109 Å². The number of carbonyl (C=O) groups excluding carboxylic acids is 2. The van der Waals surface area contributed by atoms with Crippen molar-refractivity contribution >= 4 is 11.7 Å². The molecule has 1 aliphatic heterocycles. The Kier molecular flexibility index (Phi) is 4.38. The highest BCUT2D eigenvalue weighted by atomic mass is 16.1. The minimum atomic E-state index is -0.240. The van der Waals surface area contributed by atoms with Gasteiger partial charge in [0.1, 0.15) is 5.78 Å². The number of likely N-dealkylation sites (tertiary alicyclic amines) is 1. The van der Waals surface area contributed by atoms with Gasteiger partial charge >= 0.3 is 0 Å². The van der Waals surface area contributed by atoms with Crippen molar-refractivity contribution in [2.24, 2.45) is 17.6 Å². The summed E-state index contributed by atoms with van der Waals surface area (Å²) in [5, 5.41) is 0. The van der Waals surface area contributed by atoms with Gasteiger partial charge in [-0.05, 0) is 32.2 Å². The Bertz CT molecular complexity index is 330. The summed E-state index contributed by atoms with van der Waals surface area (Å²) in [4.78, 5) is 25.5. The Morgan fingerprint density at radius 1 is 1.39 bits per heavy atom. The van der Waals surface area contributed by atoms with Crippen LogP contribution in [0.25, 0.3) is 0 Å². The number of primary amides is 1. The van der Waals surface area contributed by atoms with Crippen molar-refractivity contribution in [1.29, 1.82) is 0 Å². The molecule has 2 N–H and O–H groups in total. The largest absolute Gasteiger partial charge is 0.369 e. The van der Waals surface area contributed by atoms with Crippen LogP contribution in [0.15, 0.2) is 0 Å². The van der Waals surface area contributed by atoms with Gasteiger partial charge in [0.2, 0.25) is 5.91 Å². The van der Waals surface area contributed by atoms with Crippen LogP contribution in [-0.2, 0) is 9.59 Å². The molecule has 102 valence electrons. The molecule has 4 nitrogen and oxygen atoms in total. The number of rotatable bonds is 4. The van der Waals surface area contributed by atoms with Gasteiger partial charge in [-0.25, -0.2) is 0 Å². The molecule has 0 aromatic carbocycles. The van der Waals surface area contributed by atoms with E-state index in [-0.39, 0.29) is 17.7 Å². The number of hydrogen-bond donors (Lipinski definition) is 1. The number of Topliss-reactive ketones (excluding diaryl/α,β-unsaturated/α-hetero) is 1. The van der Waals surface area contributed by atoms with Crippen molar-refractivity contribution in [2.45, 2.75) is 51.5 Å². The zero-order valence-electron chi connectivity index (χ0n) is 11.2. The van der Waals surface area contributed by atoms with E-state index in [9.17, 15) is 9.59 Å². The van der Waals surface area contributed by atoms with Gasteiger partial charge in [-0.1, -0.05) is 13.3 Å². The second-order valence-electron chi connectivity index (χ2n) is 5.83. The fraction of sp³-hybridized carbons (Fsp3) is 0.857. The molecule has 2 aliphatic rings. The number of nitrogens with two attached hydrogens (primary N) is 1. The van der Waals surface area contributed by atoms with Gasteiger partial charge in [0.25, 0.3) is 0 Å². The SMILES string of the molecule is CC(CN1CCCC1C1CCCCC1=O)C(N)=O. The lowest BCUT2D eigenvalue weighted by atomic mass is 9.81. The highest BCUT2D eigenvalue weighted by molar-refractivity contribution is 5.82. The van der Waals surface area contributed by atoms with Gasteiger partial charge in [0.05, 0.1) is 0 Å². The second-order valence-corrected chi connectivity index (χ2v) is 5.83. The van der Waals surface area contributed by atoms with Gasteiger partial charge in [0, 0.05) is 30.8 Å². The minimum Gasteiger partial charge on any atom is -0.369 e. The van der Waals surface area contributed by atoms with Crippen LogP contribution in [0.4, 0.5) is 0 Å². The Hall–Kier alpha value is -0.900. The Balaban J connectivity index is 1.98. The average Bonchev–Trinajstić information content (AvgIpc) is 2.77. The van der Waals surface area contributed by atoms with Crippen molar-refractivity contribution < 1.29 is 9.59 Å². The summed E-state index contributed by atoms with van der Waals surface area (Å²) in [6.45, 7) is 3.59. The first-order valence-corrected chi connectivity index (χ1v) is 7.15. The highest BCUT2D eigenvalue weighted by Crippen LogP contribution is 2.32. The third-order valence-corrected chi connectivity index (χ3v) is 4.47. The number of hydrogen-bond acceptors (Lipinski definition) is 3. The molecule has 0 bridgehead atoms. The molecule has 2 rings (SSSR count). The molecule has 0 aromatic heterocycles. The van der Waals surface area contributed by atoms with Crippen LogP contribution in [0.3, 0.4) is 0 Å². The minimum absolute atomic E-state index is 0.121. The maximum atomic E-state index is 12.0. The Morgan fingerprint density at radius 2 is 2.17 bits per heavy atom. The second kappa shape index (κ2) is 5.83. The first-order chi connectivity index (χ1) is 8.59. The maximum absolute atomic E-state index is 12.0. The fourth-order valence-corrected chi connectivity index (χ4v) is 3.39. The Morgan fingerprint density at radius 3 is 2.83 bits per heavy atom. The number of nitrogens with zero attached hydrogens (tertiary/aromatic N) is 1. The molecule has 3 atom stereocenters. The number of carbonyl (C=O) groups is 2. The molecular formula is C14H24N2O2. The van der Waals surface area contributed by atoms with Crippen molar-refractivity contribution in [2.75, 3.05) is 13.1 Å². The molecule has 1 amide bonds. The van der Waals surface area contributed by atoms with Crippen LogP contribution in [0, 0.1) is 11.8 Å². The number of amides is 1. The summed E-state index contributed by atoms with van der Waals surface area (Å²) in [7, 11) is 0. The quantitative estimate of drug-likeness (QED) is 0.821. The predicted octanol–water partition coefficient (Wildman–Crippen LogP) is 1.33. The molecule has 1 heterocycles. The van der Waals surface area contributed by atoms with Crippen LogP contribution in [-0.4, -0.2) is 35.7 Å². The molecule has 0 aromatic rings. The zero-order valence-corrected chi connectivity index (χ0v) is 11.2. The molecule has 0 radical (unpaired) electrons. The summed E-state index contributed by atoms with van der Waals surface area (Å²) in [6.07, 6.45) is 6.25. The molecule has 0 spiro atoms. The first kappa shape index (κ1) is 13.5. The maximum Gasteiger partial charge on any atom is 0.221 e. The topological polar surface area (TPSA) is 63.4 Å². The monoisotopic (exact) mass is 252 g/mol. The lowest BCUT2D eigenvalue weighted by Gasteiger charge is -2.33. The van der Waals surface area contributed by atoms with E-state index >= 15 is 0 Å². The van der Waals surface area contributed by atoms with Crippen LogP contribution >= 0.6 is 0 Å². The van der Waals surface area contributed by atoms with Crippen LogP contribution in [0.1, 0.15) is 45.4 Å². The molecule has 2 fully saturated rings. The lowest BCUT2D eigenvalue weighted by Crippen LogP contribution is -2.44. The molecule has 1 aliphatic carbocycles. The van der Waals surface area contributed by atoms with E-state index < -0.39 is 0 Å². The van der Waals surface area contributed by atoms with Crippen molar-refractivity contribution in [3.05, 3.63) is 0 Å². The van der Waals surface area contributed by atoms with E-state index in [1.54, 1.807) is 0 Å². The van der Waals surface area contributed by atoms with Gasteiger partial charge in [0.15, 0.2) is 0 Å². The number of ketones is 1. The van der Waals surface area contributed by atoms with E-state index in [4.69, 9.17) is 5.73 Å². The summed E-state index contributed by atoms with van der Waals surface area (Å²) >= 11 is 0. The molecule has 3 unspecified atom stereocenters. The van der Waals surface area contributed by atoms with Crippen LogP contribution in [0.2, 0.25) is 0 Å². The van der Waals surface area contributed by atoms with Crippen LogP contribution in [0.5, 0.6) is 0 Å². The zero-order chi connectivity index (χ0) is 13.1. The summed E-state index contributed by atoms with van der Waals surface area (Å²) in [5.74, 6) is 0.283. The van der Waals surface area contributed by atoms with Gasteiger partial charge in [-0.2, -0.15) is 0 Å². The summed E-state index contributed by atoms with van der Waals surface area (Å²) in [5.41, 5.74) is 5.33. The summed E-state index contributed by atoms with van der Waals surface area (Å²) in [6, 6.07) is 0.361. The predicted molar refractivity (Wildman–Crippen MR) is 69.9 cm³/mol. The highest BCUT2D eigenvalue weighted by Gasteiger charge is 2.37. The van der Waals surface area contributed by atoms with E-state index in [1.807, 2.05) is 6.92 Å².